The Balaban J connectivity index is 1.30. The molecule has 1 spiro atoms. The van der Waals surface area contributed by atoms with Gasteiger partial charge in [0, 0.05) is 43.5 Å². The van der Waals surface area contributed by atoms with Crippen LogP contribution < -0.4 is 14.4 Å². The Morgan fingerprint density at radius 2 is 2.10 bits per heavy atom. The van der Waals surface area contributed by atoms with Gasteiger partial charge in [0.2, 0.25) is 0 Å². The molecule has 1 fully saturated rings. The van der Waals surface area contributed by atoms with Crippen LogP contribution in [0.1, 0.15) is 65.0 Å². The largest absolute Gasteiger partial charge is 0.490 e. The number of rotatable bonds is 4. The van der Waals surface area contributed by atoms with Gasteiger partial charge in [0.25, 0.3) is 11.8 Å². The first-order valence-corrected chi connectivity index (χ1v) is 20.4. The van der Waals surface area contributed by atoms with Crippen LogP contribution in [0.4, 0.5) is 5.69 Å². The van der Waals surface area contributed by atoms with Gasteiger partial charge in [0.1, 0.15) is 22.3 Å². The van der Waals surface area contributed by atoms with Crippen LogP contribution in [-0.4, -0.2) is 70.2 Å². The van der Waals surface area contributed by atoms with Gasteiger partial charge < -0.3 is 14.4 Å². The molecule has 6 atom stereocenters. The van der Waals surface area contributed by atoms with Crippen molar-refractivity contribution in [3.63, 3.8) is 0 Å². The van der Waals surface area contributed by atoms with Crippen LogP contribution in [0.15, 0.2) is 65.3 Å². The second-order valence-corrected chi connectivity index (χ2v) is 17.9. The molecule has 4 heterocycles. The van der Waals surface area contributed by atoms with E-state index in [4.69, 9.17) is 21.1 Å². The molecule has 13 heteroatoms. The number of benzene rings is 2. The van der Waals surface area contributed by atoms with Crippen LogP contribution >= 0.6 is 23.4 Å². The van der Waals surface area contributed by atoms with E-state index in [1.54, 1.807) is 24.1 Å². The molecule has 1 N–H and O–H groups in total. The van der Waals surface area contributed by atoms with Gasteiger partial charge in [-0.1, -0.05) is 36.7 Å². The van der Waals surface area contributed by atoms with Crippen molar-refractivity contribution < 1.29 is 23.3 Å². The summed E-state index contributed by atoms with van der Waals surface area (Å²) in [6.07, 6.45) is 10.8. The number of anilines is 1. The summed E-state index contributed by atoms with van der Waals surface area (Å²) >= 11 is 8.36. The molecular formula is C37H44ClN5O5S2. The van der Waals surface area contributed by atoms with E-state index in [-0.39, 0.29) is 33.6 Å². The Morgan fingerprint density at radius 1 is 1.24 bits per heavy atom. The summed E-state index contributed by atoms with van der Waals surface area (Å²) in [5.74, 6) is 0.978. The summed E-state index contributed by atoms with van der Waals surface area (Å²) in [4.78, 5) is 29.6. The topological polar surface area (TPSA) is 115 Å². The first-order chi connectivity index (χ1) is 24.1. The summed E-state index contributed by atoms with van der Waals surface area (Å²) in [5.41, 5.74) is 3.83. The van der Waals surface area contributed by atoms with E-state index >= 15 is 0 Å². The lowest BCUT2D eigenvalue weighted by Gasteiger charge is -2.45. The zero-order valence-corrected chi connectivity index (χ0v) is 31.1. The van der Waals surface area contributed by atoms with Crippen molar-refractivity contribution in [3.05, 3.63) is 88.2 Å². The number of methoxy groups -OCH3 is 1. The van der Waals surface area contributed by atoms with E-state index in [1.807, 2.05) is 43.8 Å². The van der Waals surface area contributed by atoms with Crippen LogP contribution in [0.5, 0.6) is 5.75 Å². The molecule has 1 unspecified atom stereocenters. The number of carbonyl (C=O) groups excluding carboxylic acids is 2. The van der Waals surface area contributed by atoms with Gasteiger partial charge in [-0.3, -0.25) is 19.0 Å². The number of nitrogens with one attached hydrogen (secondary N) is 1. The quantitative estimate of drug-likeness (QED) is 0.301. The van der Waals surface area contributed by atoms with E-state index in [2.05, 4.69) is 43.4 Å². The smallest absolute Gasteiger partial charge is 0.286 e. The number of aryl methyl sites for hydroxylation is 2. The van der Waals surface area contributed by atoms with Crippen molar-refractivity contribution in [2.75, 3.05) is 43.2 Å². The molecule has 2 amide bonds. The SMILES string of the molecule is CCn1cc(C(=O)NS2(=O)=NC(=O)c3ccc4c(c3)N(C[C@@H]3CC[C@H]3[C@@H](OC)/C=C/C[C@H](C)C2)C[C@]2(CO4)SCCc3cc(Cl)ccc32)cn1. The second-order valence-electron chi connectivity index (χ2n) is 13.9. The van der Waals surface area contributed by atoms with Crippen molar-refractivity contribution in [1.29, 1.82) is 0 Å². The maximum atomic E-state index is 14.5. The number of carbonyl (C=O) groups is 2. The first-order valence-electron chi connectivity index (χ1n) is 17.4. The number of aromatic nitrogens is 2. The third kappa shape index (κ3) is 7.09. The number of amides is 2. The van der Waals surface area contributed by atoms with E-state index in [0.29, 0.717) is 43.7 Å². The average molecular weight is 738 g/mol. The van der Waals surface area contributed by atoms with E-state index in [1.165, 1.54) is 17.3 Å². The second kappa shape index (κ2) is 14.4. The fourth-order valence-electron chi connectivity index (χ4n) is 7.69. The molecule has 4 aliphatic rings. The van der Waals surface area contributed by atoms with Gasteiger partial charge in [-0.25, -0.2) is 4.21 Å². The molecular weight excluding hydrogens is 694 g/mol. The third-order valence-electron chi connectivity index (χ3n) is 10.5. The molecule has 7 rings (SSSR count). The Bertz CT molecular complexity index is 1940. The Hall–Kier alpha value is -3.32. The van der Waals surface area contributed by atoms with Gasteiger partial charge in [-0.2, -0.15) is 5.10 Å². The molecule has 3 aliphatic heterocycles. The molecule has 2 aromatic carbocycles. The number of thioether (sulfide) groups is 1. The van der Waals surface area contributed by atoms with Gasteiger partial charge in [0.15, 0.2) is 0 Å². The molecule has 50 heavy (non-hydrogen) atoms. The van der Waals surface area contributed by atoms with E-state index in [9.17, 15) is 13.8 Å². The zero-order valence-electron chi connectivity index (χ0n) is 28.7. The minimum absolute atomic E-state index is 0.00375. The highest BCUT2D eigenvalue weighted by molar-refractivity contribution is 8.00. The Labute approximate surface area is 303 Å². The highest BCUT2D eigenvalue weighted by Crippen LogP contribution is 2.49. The number of fused-ring (bicyclic) bond motifs is 4. The summed E-state index contributed by atoms with van der Waals surface area (Å²) in [6.45, 7) is 6.36. The predicted octanol–water partition coefficient (Wildman–Crippen LogP) is 6.53. The standard InChI is InChI=1S/C37H44ClN5O5S2/c1-4-43-20-28(18-39-43)36(45)41-50(46)21-24(2)6-5-7-33(47-3)30-11-8-27(30)19-42-22-37(31-12-10-29(38)16-25(31)14-15-49-37)23-48-34-13-9-26(17-32(34)42)35(44)40-50/h5,7,9-10,12-13,16-18,20,24,27,30,33H,4,6,8,11,14-15,19,21-23H2,1-3H3,(H,40,41,44,45,46)/b7-5+/t24-,27-,30+,33-,37+,50?/m0/s1. The minimum Gasteiger partial charge on any atom is -0.490 e. The monoisotopic (exact) mass is 737 g/mol. The van der Waals surface area contributed by atoms with Crippen LogP contribution in [0.3, 0.4) is 0 Å². The fraction of sp³-hybridized carbons (Fsp3) is 0.486. The molecule has 3 aromatic rings. The highest BCUT2D eigenvalue weighted by atomic mass is 35.5. The van der Waals surface area contributed by atoms with E-state index < -0.39 is 21.7 Å². The maximum absolute atomic E-state index is 14.5. The molecule has 1 aliphatic carbocycles. The van der Waals surface area contributed by atoms with Gasteiger partial charge in [0.05, 0.1) is 34.1 Å². The number of ether oxygens (including phenoxy) is 2. The van der Waals surface area contributed by atoms with Crippen LogP contribution in [0.25, 0.3) is 0 Å². The van der Waals surface area contributed by atoms with Crippen molar-refractivity contribution in [3.8, 4) is 5.75 Å². The molecule has 0 radical (unpaired) electrons. The van der Waals surface area contributed by atoms with Gasteiger partial charge in [-0.15, -0.1) is 16.1 Å². The van der Waals surface area contributed by atoms with Gasteiger partial charge >= 0.3 is 0 Å². The fourth-order valence-corrected chi connectivity index (χ4v) is 11.2. The lowest BCUT2D eigenvalue weighted by molar-refractivity contribution is 0.0134. The maximum Gasteiger partial charge on any atom is 0.286 e. The molecule has 266 valence electrons. The van der Waals surface area contributed by atoms with Crippen LogP contribution in [0.2, 0.25) is 5.02 Å². The van der Waals surface area contributed by atoms with Crippen molar-refractivity contribution in [2.45, 2.75) is 56.9 Å². The number of hydrogen-bond donors (Lipinski definition) is 1. The summed E-state index contributed by atoms with van der Waals surface area (Å²) in [6, 6.07) is 11.5. The number of hydrogen-bond acceptors (Lipinski definition) is 8. The van der Waals surface area contributed by atoms with Crippen molar-refractivity contribution in [2.24, 2.45) is 22.1 Å². The summed E-state index contributed by atoms with van der Waals surface area (Å²) in [5, 5.41) is 4.91. The molecule has 10 nitrogen and oxygen atoms in total. The van der Waals surface area contributed by atoms with Crippen molar-refractivity contribution in [1.82, 2.24) is 14.5 Å². The molecule has 1 aromatic heterocycles. The summed E-state index contributed by atoms with van der Waals surface area (Å²) in [7, 11) is -1.76. The number of nitrogens with zero attached hydrogens (tertiary/aromatic N) is 4. The zero-order chi connectivity index (χ0) is 35.0. The Kier molecular flexibility index (Phi) is 10.1. The lowest BCUT2D eigenvalue weighted by atomic mass is 9.70. The normalized spacial score (nSPS) is 30.2. The molecule has 2 bridgehead atoms. The van der Waals surface area contributed by atoms with Crippen molar-refractivity contribution >= 4 is 50.8 Å². The number of allylic oxidation sites excluding steroid dienone is 1. The average Bonchev–Trinajstić information content (AvgIpc) is 3.52. The van der Waals surface area contributed by atoms with Crippen LogP contribution in [-0.2, 0) is 32.4 Å². The third-order valence-corrected chi connectivity index (χ3v) is 14.1. The predicted molar refractivity (Wildman–Crippen MR) is 199 cm³/mol. The van der Waals surface area contributed by atoms with Gasteiger partial charge in [-0.05, 0) is 97.6 Å². The molecule has 0 saturated heterocycles. The lowest BCUT2D eigenvalue weighted by Crippen LogP contribution is -2.48. The minimum atomic E-state index is -3.52. The van der Waals surface area contributed by atoms with E-state index in [0.717, 1.165) is 42.3 Å². The first kappa shape index (κ1) is 35.1. The Morgan fingerprint density at radius 3 is 2.86 bits per heavy atom. The number of halogens is 1. The summed E-state index contributed by atoms with van der Waals surface area (Å²) < 4.78 is 35.3. The molecule has 1 saturated carbocycles. The highest BCUT2D eigenvalue weighted by Gasteiger charge is 2.45. The van der Waals surface area contributed by atoms with Crippen LogP contribution in [0, 0.1) is 17.8 Å².